The third-order valence-corrected chi connectivity index (χ3v) is 6.90. The van der Waals surface area contributed by atoms with E-state index in [0.29, 0.717) is 11.4 Å². The van der Waals surface area contributed by atoms with Gasteiger partial charge in [0.2, 0.25) is 5.91 Å². The summed E-state index contributed by atoms with van der Waals surface area (Å²) >= 11 is 0. The molecule has 0 radical (unpaired) electrons. The van der Waals surface area contributed by atoms with Crippen molar-refractivity contribution in [2.75, 3.05) is 20.5 Å². The molecule has 1 aliphatic carbocycles. The number of nitrogens with one attached hydrogen (secondary N) is 1. The lowest BCUT2D eigenvalue weighted by atomic mass is 10.1. The maximum Gasteiger partial charge on any atom is 0.327 e. The number of aryl methyl sites for hydroxylation is 3. The van der Waals surface area contributed by atoms with Gasteiger partial charge in [0.25, 0.3) is 0 Å². The van der Waals surface area contributed by atoms with Crippen molar-refractivity contribution in [1.29, 1.82) is 0 Å². The van der Waals surface area contributed by atoms with Crippen molar-refractivity contribution in [2.24, 2.45) is 0 Å². The molecular weight excluding hydrogens is 362 g/mol. The van der Waals surface area contributed by atoms with Crippen LogP contribution in [-0.2, 0) is 15.0 Å². The summed E-state index contributed by atoms with van der Waals surface area (Å²) < 4.78 is 28.8. The number of anilines is 3. The van der Waals surface area contributed by atoms with Crippen LogP contribution in [0.25, 0.3) is 0 Å². The lowest BCUT2D eigenvalue weighted by Gasteiger charge is -2.21. The Morgan fingerprint density at radius 2 is 1.67 bits per heavy atom. The molecule has 2 aromatic rings. The fourth-order valence-electron chi connectivity index (χ4n) is 3.76. The van der Waals surface area contributed by atoms with Gasteiger partial charge in [-0.1, -0.05) is 29.8 Å². The standard InChI is InChI=1S/C20H23N3O3S/c1-13-10-14(2)20(15(3)11-13)21-19(24)12-22-17-6-4-5-7-18(17)23(16-8-9-16)27(22,25)26/h4-7,10-11,16H,8-9,12H2,1-3H3,(H,21,24). The molecule has 0 bridgehead atoms. The second kappa shape index (κ2) is 6.27. The Bertz CT molecular complexity index is 1010. The first-order valence-corrected chi connectivity index (χ1v) is 10.5. The summed E-state index contributed by atoms with van der Waals surface area (Å²) in [6, 6.07) is 11.2. The van der Waals surface area contributed by atoms with E-state index in [-0.39, 0.29) is 18.5 Å². The van der Waals surface area contributed by atoms with Gasteiger partial charge in [0, 0.05) is 11.7 Å². The Labute approximate surface area is 160 Å². The van der Waals surface area contributed by atoms with E-state index in [2.05, 4.69) is 5.32 Å². The predicted molar refractivity (Wildman–Crippen MR) is 107 cm³/mol. The van der Waals surface area contributed by atoms with Gasteiger partial charge < -0.3 is 5.32 Å². The van der Waals surface area contributed by atoms with Crippen molar-refractivity contribution in [1.82, 2.24) is 0 Å². The number of hydrogen-bond acceptors (Lipinski definition) is 3. The second-order valence-electron chi connectivity index (χ2n) is 7.35. The van der Waals surface area contributed by atoms with E-state index in [1.807, 2.05) is 39.0 Å². The van der Waals surface area contributed by atoms with E-state index in [1.54, 1.807) is 18.2 Å². The zero-order valence-corrected chi connectivity index (χ0v) is 16.5. The molecule has 2 aliphatic rings. The van der Waals surface area contributed by atoms with Crippen molar-refractivity contribution < 1.29 is 13.2 Å². The lowest BCUT2D eigenvalue weighted by Crippen LogP contribution is -2.42. The summed E-state index contributed by atoms with van der Waals surface area (Å²) in [5, 5.41) is 2.90. The number of hydrogen-bond donors (Lipinski definition) is 1. The Balaban J connectivity index is 1.62. The summed E-state index contributed by atoms with van der Waals surface area (Å²) in [6.45, 7) is 5.64. The maximum atomic E-state index is 13.1. The molecule has 1 saturated carbocycles. The van der Waals surface area contributed by atoms with Gasteiger partial charge >= 0.3 is 10.2 Å². The van der Waals surface area contributed by atoms with Gasteiger partial charge in [0.05, 0.1) is 11.4 Å². The minimum atomic E-state index is -3.73. The first-order valence-electron chi connectivity index (χ1n) is 9.08. The molecule has 4 rings (SSSR count). The van der Waals surface area contributed by atoms with E-state index in [4.69, 9.17) is 0 Å². The third kappa shape index (κ3) is 3.06. The van der Waals surface area contributed by atoms with Crippen LogP contribution in [0.4, 0.5) is 17.1 Å². The van der Waals surface area contributed by atoms with Crippen LogP contribution in [0, 0.1) is 20.8 Å². The van der Waals surface area contributed by atoms with E-state index < -0.39 is 10.2 Å². The van der Waals surface area contributed by atoms with Crippen molar-refractivity contribution >= 4 is 33.2 Å². The van der Waals surface area contributed by atoms with Gasteiger partial charge in [0.1, 0.15) is 6.54 Å². The van der Waals surface area contributed by atoms with Gasteiger partial charge in [-0.2, -0.15) is 8.42 Å². The molecule has 0 spiro atoms. The predicted octanol–water partition coefficient (Wildman–Crippen LogP) is 3.28. The molecule has 0 saturated heterocycles. The number of carbonyl (C=O) groups excluding carboxylic acids is 1. The number of nitrogens with zero attached hydrogens (tertiary/aromatic N) is 2. The van der Waals surface area contributed by atoms with E-state index >= 15 is 0 Å². The minimum Gasteiger partial charge on any atom is -0.324 e. The summed E-state index contributed by atoms with van der Waals surface area (Å²) in [5.74, 6) is -0.346. The molecule has 1 N–H and O–H groups in total. The van der Waals surface area contributed by atoms with Gasteiger partial charge in [-0.25, -0.2) is 8.61 Å². The van der Waals surface area contributed by atoms with Gasteiger partial charge in [-0.3, -0.25) is 4.79 Å². The highest BCUT2D eigenvalue weighted by atomic mass is 32.2. The summed E-state index contributed by atoms with van der Waals surface area (Å²) in [5.41, 5.74) is 5.02. The van der Waals surface area contributed by atoms with Crippen LogP contribution < -0.4 is 13.9 Å². The smallest absolute Gasteiger partial charge is 0.324 e. The topological polar surface area (TPSA) is 69.7 Å². The first-order chi connectivity index (χ1) is 12.8. The summed E-state index contributed by atoms with van der Waals surface area (Å²) in [4.78, 5) is 12.7. The van der Waals surface area contributed by atoms with E-state index in [9.17, 15) is 13.2 Å². The average molecular weight is 385 g/mol. The number of para-hydroxylation sites is 2. The maximum absolute atomic E-state index is 13.1. The van der Waals surface area contributed by atoms with Crippen LogP contribution >= 0.6 is 0 Å². The molecular formula is C20H23N3O3S. The fourth-order valence-corrected chi connectivity index (χ4v) is 5.65. The normalized spacial score (nSPS) is 17.7. The highest BCUT2D eigenvalue weighted by molar-refractivity contribution is 7.94. The molecule has 1 heterocycles. The van der Waals surface area contributed by atoms with Gasteiger partial charge in [-0.15, -0.1) is 0 Å². The first kappa shape index (κ1) is 17.9. The number of amides is 1. The fraction of sp³-hybridized carbons (Fsp3) is 0.350. The highest BCUT2D eigenvalue weighted by Gasteiger charge is 2.47. The van der Waals surface area contributed by atoms with Crippen LogP contribution in [0.15, 0.2) is 36.4 Å². The van der Waals surface area contributed by atoms with Crippen molar-refractivity contribution in [3.05, 3.63) is 53.1 Å². The van der Waals surface area contributed by atoms with Gasteiger partial charge in [0.15, 0.2) is 0 Å². The molecule has 0 aromatic heterocycles. The minimum absolute atomic E-state index is 0.00537. The zero-order valence-electron chi connectivity index (χ0n) is 15.7. The molecule has 2 aromatic carbocycles. The van der Waals surface area contributed by atoms with Gasteiger partial charge in [-0.05, 0) is 56.9 Å². The molecule has 6 nitrogen and oxygen atoms in total. The van der Waals surface area contributed by atoms with Crippen LogP contribution in [-0.4, -0.2) is 26.9 Å². The Morgan fingerprint density at radius 3 is 2.26 bits per heavy atom. The highest BCUT2D eigenvalue weighted by Crippen LogP contribution is 2.46. The largest absolute Gasteiger partial charge is 0.327 e. The molecule has 1 aliphatic heterocycles. The van der Waals surface area contributed by atoms with Crippen molar-refractivity contribution in [2.45, 2.75) is 39.7 Å². The van der Waals surface area contributed by atoms with E-state index in [0.717, 1.165) is 35.2 Å². The van der Waals surface area contributed by atoms with Crippen molar-refractivity contribution in [3.63, 3.8) is 0 Å². The van der Waals surface area contributed by atoms with Crippen LogP contribution in [0.3, 0.4) is 0 Å². The average Bonchev–Trinajstić information content (AvgIpc) is 3.38. The number of benzene rings is 2. The molecule has 27 heavy (non-hydrogen) atoms. The number of carbonyl (C=O) groups is 1. The number of rotatable bonds is 4. The monoisotopic (exact) mass is 385 g/mol. The molecule has 1 fully saturated rings. The summed E-state index contributed by atoms with van der Waals surface area (Å²) in [6.07, 6.45) is 1.71. The molecule has 0 unspecified atom stereocenters. The van der Waals surface area contributed by atoms with Crippen LogP contribution in [0.2, 0.25) is 0 Å². The number of fused-ring (bicyclic) bond motifs is 1. The Hall–Kier alpha value is -2.54. The van der Waals surface area contributed by atoms with Crippen LogP contribution in [0.1, 0.15) is 29.5 Å². The second-order valence-corrected chi connectivity index (χ2v) is 9.08. The Kier molecular flexibility index (Phi) is 4.14. The third-order valence-electron chi connectivity index (χ3n) is 5.02. The lowest BCUT2D eigenvalue weighted by molar-refractivity contribution is -0.114. The Morgan fingerprint density at radius 1 is 1.07 bits per heavy atom. The summed E-state index contributed by atoms with van der Waals surface area (Å²) in [7, 11) is -3.73. The van der Waals surface area contributed by atoms with Crippen molar-refractivity contribution in [3.8, 4) is 0 Å². The molecule has 0 atom stereocenters. The quantitative estimate of drug-likeness (QED) is 0.878. The SMILES string of the molecule is Cc1cc(C)c(NC(=O)CN2c3ccccc3N(C3CC3)S2(=O)=O)c(C)c1. The molecule has 1 amide bonds. The molecule has 7 heteroatoms. The zero-order chi connectivity index (χ0) is 19.3. The van der Waals surface area contributed by atoms with E-state index in [1.165, 1.54) is 8.61 Å². The van der Waals surface area contributed by atoms with Crippen LogP contribution in [0.5, 0.6) is 0 Å². The molecule has 142 valence electrons.